The van der Waals surface area contributed by atoms with Gasteiger partial charge in [0.05, 0.1) is 12.3 Å². The van der Waals surface area contributed by atoms with Crippen molar-refractivity contribution in [2.24, 2.45) is 0 Å². The summed E-state index contributed by atoms with van der Waals surface area (Å²) in [5.41, 5.74) is 4.59. The number of hydrogen-bond acceptors (Lipinski definition) is 8. The first kappa shape index (κ1) is 29.7. The van der Waals surface area contributed by atoms with Gasteiger partial charge in [0, 0.05) is 61.1 Å². The SMILES string of the molecule is CC(OC1CCCCO1)c1nccn1Cc1cc(-c2ccc(C#Cc3ccc(CNCCS(C)(=O)=O)cc3)cc2)on1. The summed E-state index contributed by atoms with van der Waals surface area (Å²) in [5, 5.41) is 7.42. The van der Waals surface area contributed by atoms with Gasteiger partial charge in [-0.1, -0.05) is 29.1 Å². The van der Waals surface area contributed by atoms with E-state index in [0.29, 0.717) is 25.4 Å². The Hall–Kier alpha value is -3.75. The van der Waals surface area contributed by atoms with Crippen LogP contribution in [0.25, 0.3) is 11.3 Å². The number of nitrogens with one attached hydrogen (secondary N) is 1. The molecule has 1 saturated heterocycles. The first-order valence-electron chi connectivity index (χ1n) is 14.2. The van der Waals surface area contributed by atoms with E-state index in [-0.39, 0.29) is 18.1 Å². The quantitative estimate of drug-likeness (QED) is 0.198. The lowest BCUT2D eigenvalue weighted by molar-refractivity contribution is -0.188. The number of nitrogens with zero attached hydrogens (tertiary/aromatic N) is 3. The molecular weight excluding hydrogens is 552 g/mol. The second kappa shape index (κ2) is 13.9. The Bertz CT molecular complexity index is 1610. The van der Waals surface area contributed by atoms with Crippen molar-refractivity contribution in [1.29, 1.82) is 0 Å². The summed E-state index contributed by atoms with van der Waals surface area (Å²) in [5.74, 6) is 8.03. The van der Waals surface area contributed by atoms with Gasteiger partial charge in [0.2, 0.25) is 0 Å². The molecule has 5 rings (SSSR count). The third-order valence-electron chi connectivity index (χ3n) is 6.95. The Balaban J connectivity index is 1.15. The third kappa shape index (κ3) is 8.63. The van der Waals surface area contributed by atoms with Crippen LogP contribution in [0.3, 0.4) is 0 Å². The van der Waals surface area contributed by atoms with Gasteiger partial charge < -0.3 is 23.9 Å². The lowest BCUT2D eigenvalue weighted by Crippen LogP contribution is -2.24. The molecule has 1 aliphatic rings. The molecule has 42 heavy (non-hydrogen) atoms. The predicted molar refractivity (Wildman–Crippen MR) is 160 cm³/mol. The Morgan fingerprint density at radius 2 is 1.83 bits per heavy atom. The maximum atomic E-state index is 11.2. The Kier molecular flexibility index (Phi) is 9.87. The topological polar surface area (TPSA) is 108 Å². The minimum absolute atomic E-state index is 0.130. The van der Waals surface area contributed by atoms with Crippen molar-refractivity contribution < 1.29 is 22.4 Å². The van der Waals surface area contributed by atoms with Crippen LogP contribution in [0.4, 0.5) is 0 Å². The summed E-state index contributed by atoms with van der Waals surface area (Å²) >= 11 is 0. The van der Waals surface area contributed by atoms with Crippen molar-refractivity contribution in [3.63, 3.8) is 0 Å². The van der Waals surface area contributed by atoms with Crippen LogP contribution in [0.15, 0.2) is 71.5 Å². The Morgan fingerprint density at radius 3 is 2.52 bits per heavy atom. The van der Waals surface area contributed by atoms with Crippen molar-refractivity contribution in [3.05, 3.63) is 95.2 Å². The predicted octanol–water partition coefficient (Wildman–Crippen LogP) is 4.72. The van der Waals surface area contributed by atoms with Gasteiger partial charge in [0.15, 0.2) is 12.1 Å². The molecule has 0 aliphatic carbocycles. The lowest BCUT2D eigenvalue weighted by atomic mass is 10.1. The van der Waals surface area contributed by atoms with Gasteiger partial charge in [-0.05, 0) is 68.1 Å². The molecule has 9 nitrogen and oxygen atoms in total. The standard InChI is InChI=1S/C32H36N4O5S/c1-24(40-31-5-3-4-19-39-31)32-34-16-18-36(32)23-29-21-30(41-35-29)28-14-12-26(13-15-28)7-6-25-8-10-27(11-9-25)22-33-17-20-42(2,37)38/h8-16,18,21,24,31,33H,3-5,17,19-20,22-23H2,1-2H3. The molecule has 220 valence electrons. The second-order valence-electron chi connectivity index (χ2n) is 10.5. The molecule has 1 N–H and O–H groups in total. The van der Waals surface area contributed by atoms with Crippen molar-refractivity contribution >= 4 is 9.84 Å². The van der Waals surface area contributed by atoms with Crippen molar-refractivity contribution in [2.75, 3.05) is 25.2 Å². The molecule has 4 aromatic rings. The van der Waals surface area contributed by atoms with Crippen LogP contribution in [-0.4, -0.2) is 54.6 Å². The average molecular weight is 589 g/mol. The van der Waals surface area contributed by atoms with Crippen LogP contribution >= 0.6 is 0 Å². The zero-order valence-electron chi connectivity index (χ0n) is 24.0. The molecule has 10 heteroatoms. The van der Waals surface area contributed by atoms with Crippen LogP contribution in [-0.2, 0) is 32.4 Å². The summed E-state index contributed by atoms with van der Waals surface area (Å²) < 4.78 is 41.9. The highest BCUT2D eigenvalue weighted by Crippen LogP contribution is 2.25. The lowest BCUT2D eigenvalue weighted by Gasteiger charge is -2.26. The van der Waals surface area contributed by atoms with Gasteiger partial charge in [-0.25, -0.2) is 13.4 Å². The smallest absolute Gasteiger partial charge is 0.167 e. The van der Waals surface area contributed by atoms with E-state index < -0.39 is 9.84 Å². The summed E-state index contributed by atoms with van der Waals surface area (Å²) in [6, 6.07) is 17.7. The highest BCUT2D eigenvalue weighted by molar-refractivity contribution is 7.90. The fourth-order valence-corrected chi connectivity index (χ4v) is 5.19. The molecule has 0 spiro atoms. The summed E-state index contributed by atoms with van der Waals surface area (Å²) in [4.78, 5) is 4.51. The molecule has 3 heterocycles. The fourth-order valence-electron chi connectivity index (χ4n) is 4.68. The minimum atomic E-state index is -2.95. The van der Waals surface area contributed by atoms with Gasteiger partial charge >= 0.3 is 0 Å². The molecule has 2 aromatic heterocycles. The molecule has 0 radical (unpaired) electrons. The van der Waals surface area contributed by atoms with E-state index in [1.807, 2.05) is 72.3 Å². The first-order chi connectivity index (χ1) is 20.3. The Labute approximate surface area is 247 Å². The zero-order valence-corrected chi connectivity index (χ0v) is 24.8. The normalized spacial score (nSPS) is 16.1. The van der Waals surface area contributed by atoms with Crippen LogP contribution in [0.1, 0.15) is 60.5 Å². The fraction of sp³-hybridized carbons (Fsp3) is 0.375. The molecule has 2 aromatic carbocycles. The maximum Gasteiger partial charge on any atom is 0.167 e. The molecule has 0 bridgehead atoms. The van der Waals surface area contributed by atoms with Gasteiger partial charge in [0.25, 0.3) is 0 Å². The third-order valence-corrected chi connectivity index (χ3v) is 7.90. The van der Waals surface area contributed by atoms with E-state index in [4.69, 9.17) is 14.0 Å². The second-order valence-corrected chi connectivity index (χ2v) is 12.8. The van der Waals surface area contributed by atoms with Crippen molar-refractivity contribution in [3.8, 4) is 23.2 Å². The molecular formula is C32H36N4O5S. The molecule has 1 fully saturated rings. The number of aromatic nitrogens is 3. The number of hydrogen-bond donors (Lipinski definition) is 1. The molecule has 0 amide bonds. The van der Waals surface area contributed by atoms with Crippen LogP contribution in [0.2, 0.25) is 0 Å². The van der Waals surface area contributed by atoms with E-state index >= 15 is 0 Å². The monoisotopic (exact) mass is 588 g/mol. The highest BCUT2D eigenvalue weighted by Gasteiger charge is 2.21. The van der Waals surface area contributed by atoms with Gasteiger partial charge in [0.1, 0.15) is 27.5 Å². The summed E-state index contributed by atoms with van der Waals surface area (Å²) in [7, 11) is -2.95. The van der Waals surface area contributed by atoms with Gasteiger partial charge in [-0.2, -0.15) is 0 Å². The van der Waals surface area contributed by atoms with E-state index in [9.17, 15) is 8.42 Å². The van der Waals surface area contributed by atoms with Crippen LogP contribution in [0, 0.1) is 11.8 Å². The summed E-state index contributed by atoms with van der Waals surface area (Å²) in [6.07, 6.45) is 7.67. The first-order valence-corrected chi connectivity index (χ1v) is 16.2. The van der Waals surface area contributed by atoms with Gasteiger partial charge in [-0.3, -0.25) is 0 Å². The number of benzene rings is 2. The van der Waals surface area contributed by atoms with Crippen molar-refractivity contribution in [2.45, 2.75) is 51.7 Å². The molecule has 1 aliphatic heterocycles. The van der Waals surface area contributed by atoms with E-state index in [2.05, 4.69) is 27.3 Å². The minimum Gasteiger partial charge on any atom is -0.356 e. The maximum absolute atomic E-state index is 11.2. The average Bonchev–Trinajstić information content (AvgIpc) is 3.65. The van der Waals surface area contributed by atoms with E-state index in [0.717, 1.165) is 59.6 Å². The Morgan fingerprint density at radius 1 is 1.10 bits per heavy atom. The van der Waals surface area contributed by atoms with Crippen molar-refractivity contribution in [1.82, 2.24) is 20.0 Å². The molecule has 2 atom stereocenters. The van der Waals surface area contributed by atoms with E-state index in [1.165, 1.54) is 6.26 Å². The highest BCUT2D eigenvalue weighted by atomic mass is 32.2. The summed E-state index contributed by atoms with van der Waals surface area (Å²) in [6.45, 7) is 4.31. The number of ether oxygens (including phenoxy) is 2. The van der Waals surface area contributed by atoms with E-state index in [1.54, 1.807) is 6.20 Å². The number of sulfone groups is 1. The molecule has 2 unspecified atom stereocenters. The van der Waals surface area contributed by atoms with Crippen LogP contribution < -0.4 is 5.32 Å². The largest absolute Gasteiger partial charge is 0.356 e. The number of imidazole rings is 1. The van der Waals surface area contributed by atoms with Crippen LogP contribution in [0.5, 0.6) is 0 Å². The number of rotatable bonds is 11. The molecule has 0 saturated carbocycles. The zero-order chi connectivity index (χ0) is 29.4. The van der Waals surface area contributed by atoms with Gasteiger partial charge in [-0.15, -0.1) is 0 Å².